The summed E-state index contributed by atoms with van der Waals surface area (Å²) in [5, 5.41) is 4.00. The molecule has 1 amide bonds. The van der Waals surface area contributed by atoms with Gasteiger partial charge in [-0.25, -0.2) is 0 Å². The van der Waals surface area contributed by atoms with E-state index in [0.29, 0.717) is 5.02 Å². The minimum Gasteiger partial charge on any atom is -0.369 e. The fraction of sp³-hybridized carbons (Fsp3) is 0.133. The third kappa shape index (κ3) is 3.26. The number of carbonyl (C=O) groups excluding carboxylic acids is 1. The standard InChI is InChI=1S/C15H15ClN2O/c1-10-12(16)6-4-8-13(10)18-14-7-3-2-5-11(14)9-15(17)19/h2-8,18H,9H2,1H3,(H2,17,19). The molecule has 4 heteroatoms. The van der Waals surface area contributed by atoms with Crippen molar-refractivity contribution in [2.24, 2.45) is 5.73 Å². The van der Waals surface area contributed by atoms with Crippen LogP contribution in [0.15, 0.2) is 42.5 Å². The van der Waals surface area contributed by atoms with Crippen LogP contribution in [0.25, 0.3) is 0 Å². The highest BCUT2D eigenvalue weighted by molar-refractivity contribution is 6.31. The molecule has 0 unspecified atom stereocenters. The summed E-state index contributed by atoms with van der Waals surface area (Å²) in [5.74, 6) is -0.350. The third-order valence-electron chi connectivity index (χ3n) is 2.92. The van der Waals surface area contributed by atoms with Gasteiger partial charge in [0, 0.05) is 16.4 Å². The normalized spacial score (nSPS) is 10.2. The van der Waals surface area contributed by atoms with E-state index < -0.39 is 0 Å². The lowest BCUT2D eigenvalue weighted by molar-refractivity contribution is -0.117. The van der Waals surface area contributed by atoms with Gasteiger partial charge >= 0.3 is 0 Å². The first-order valence-corrected chi connectivity index (χ1v) is 6.34. The van der Waals surface area contributed by atoms with E-state index in [2.05, 4.69) is 5.32 Å². The fourth-order valence-electron chi connectivity index (χ4n) is 1.87. The maximum atomic E-state index is 11.1. The van der Waals surface area contributed by atoms with Crippen molar-refractivity contribution in [2.75, 3.05) is 5.32 Å². The molecule has 0 aliphatic heterocycles. The van der Waals surface area contributed by atoms with Gasteiger partial charge in [-0.3, -0.25) is 4.79 Å². The van der Waals surface area contributed by atoms with Crippen LogP contribution in [-0.4, -0.2) is 5.91 Å². The molecule has 0 atom stereocenters. The van der Waals surface area contributed by atoms with Gasteiger partial charge in [-0.05, 0) is 36.2 Å². The molecule has 0 spiro atoms. The summed E-state index contributed by atoms with van der Waals surface area (Å²) in [7, 11) is 0. The number of primary amides is 1. The van der Waals surface area contributed by atoms with Crippen LogP contribution in [0.1, 0.15) is 11.1 Å². The number of rotatable bonds is 4. The molecular weight excluding hydrogens is 260 g/mol. The average molecular weight is 275 g/mol. The van der Waals surface area contributed by atoms with E-state index in [9.17, 15) is 4.79 Å². The van der Waals surface area contributed by atoms with Crippen LogP contribution in [-0.2, 0) is 11.2 Å². The molecule has 0 heterocycles. The maximum Gasteiger partial charge on any atom is 0.221 e. The van der Waals surface area contributed by atoms with Gasteiger partial charge in [0.2, 0.25) is 5.91 Å². The van der Waals surface area contributed by atoms with Crippen LogP contribution in [0.4, 0.5) is 11.4 Å². The predicted octanol–water partition coefficient (Wildman–Crippen LogP) is 3.42. The number of halogens is 1. The molecule has 0 saturated heterocycles. The van der Waals surface area contributed by atoms with Crippen molar-refractivity contribution >= 4 is 28.9 Å². The van der Waals surface area contributed by atoms with Crippen molar-refractivity contribution in [3.05, 3.63) is 58.6 Å². The molecule has 98 valence electrons. The first kappa shape index (κ1) is 13.4. The molecule has 2 aromatic rings. The Balaban J connectivity index is 2.33. The molecule has 0 aliphatic rings. The summed E-state index contributed by atoms with van der Waals surface area (Å²) >= 11 is 6.09. The molecule has 2 rings (SSSR count). The minimum atomic E-state index is -0.350. The van der Waals surface area contributed by atoms with Gasteiger partial charge in [0.05, 0.1) is 6.42 Å². The second-order valence-corrected chi connectivity index (χ2v) is 4.74. The van der Waals surface area contributed by atoms with Gasteiger partial charge in [-0.15, -0.1) is 0 Å². The monoisotopic (exact) mass is 274 g/mol. The maximum absolute atomic E-state index is 11.1. The number of carbonyl (C=O) groups is 1. The number of nitrogens with one attached hydrogen (secondary N) is 1. The van der Waals surface area contributed by atoms with E-state index in [1.165, 1.54) is 0 Å². The number of hydrogen-bond acceptors (Lipinski definition) is 2. The number of para-hydroxylation sites is 1. The van der Waals surface area contributed by atoms with E-state index in [4.69, 9.17) is 17.3 Å². The Morgan fingerprint density at radius 1 is 1.16 bits per heavy atom. The summed E-state index contributed by atoms with van der Waals surface area (Å²) < 4.78 is 0. The van der Waals surface area contributed by atoms with Crippen molar-refractivity contribution in [1.29, 1.82) is 0 Å². The summed E-state index contributed by atoms with van der Waals surface area (Å²) in [6.07, 6.45) is 0.211. The largest absolute Gasteiger partial charge is 0.369 e. The molecule has 0 radical (unpaired) electrons. The third-order valence-corrected chi connectivity index (χ3v) is 3.33. The van der Waals surface area contributed by atoms with Crippen LogP contribution >= 0.6 is 11.6 Å². The van der Waals surface area contributed by atoms with Crippen molar-refractivity contribution in [3.63, 3.8) is 0 Å². The van der Waals surface area contributed by atoms with Crippen molar-refractivity contribution < 1.29 is 4.79 Å². The predicted molar refractivity (Wildman–Crippen MR) is 78.8 cm³/mol. The van der Waals surface area contributed by atoms with Gasteiger partial charge in [-0.1, -0.05) is 35.9 Å². The van der Waals surface area contributed by atoms with Gasteiger partial charge in [-0.2, -0.15) is 0 Å². The Morgan fingerprint density at radius 2 is 1.84 bits per heavy atom. The number of hydrogen-bond donors (Lipinski definition) is 2. The quantitative estimate of drug-likeness (QED) is 0.897. The number of nitrogens with two attached hydrogens (primary N) is 1. The lowest BCUT2D eigenvalue weighted by atomic mass is 10.1. The summed E-state index contributed by atoms with van der Waals surface area (Å²) in [6, 6.07) is 13.3. The zero-order valence-electron chi connectivity index (χ0n) is 10.6. The van der Waals surface area contributed by atoms with Gasteiger partial charge in [0.1, 0.15) is 0 Å². The van der Waals surface area contributed by atoms with Crippen LogP contribution in [0.5, 0.6) is 0 Å². The first-order chi connectivity index (χ1) is 9.08. The molecule has 0 saturated carbocycles. The Kier molecular flexibility index (Phi) is 4.07. The van der Waals surface area contributed by atoms with Gasteiger partial charge in [0.15, 0.2) is 0 Å². The van der Waals surface area contributed by atoms with Crippen molar-refractivity contribution in [2.45, 2.75) is 13.3 Å². The number of amides is 1. The highest BCUT2D eigenvalue weighted by atomic mass is 35.5. The Hall–Kier alpha value is -2.00. The summed E-state index contributed by atoms with van der Waals surface area (Å²) in [4.78, 5) is 11.1. The second kappa shape index (κ2) is 5.76. The average Bonchev–Trinajstić information content (AvgIpc) is 2.36. The zero-order chi connectivity index (χ0) is 13.8. The number of benzene rings is 2. The number of anilines is 2. The molecule has 0 fully saturated rings. The zero-order valence-corrected chi connectivity index (χ0v) is 11.4. The van der Waals surface area contributed by atoms with Crippen LogP contribution < -0.4 is 11.1 Å². The molecule has 0 bridgehead atoms. The molecule has 3 N–H and O–H groups in total. The van der Waals surface area contributed by atoms with E-state index in [1.807, 2.05) is 49.4 Å². The van der Waals surface area contributed by atoms with E-state index in [0.717, 1.165) is 22.5 Å². The van der Waals surface area contributed by atoms with Crippen molar-refractivity contribution in [1.82, 2.24) is 0 Å². The van der Waals surface area contributed by atoms with Gasteiger partial charge < -0.3 is 11.1 Å². The SMILES string of the molecule is Cc1c(Cl)cccc1Nc1ccccc1CC(N)=O. The van der Waals surface area contributed by atoms with Crippen LogP contribution in [0.3, 0.4) is 0 Å². The van der Waals surface area contributed by atoms with Crippen LogP contribution in [0, 0.1) is 6.92 Å². The molecule has 2 aromatic carbocycles. The molecule has 0 aromatic heterocycles. The lowest BCUT2D eigenvalue weighted by Crippen LogP contribution is -2.14. The molecular formula is C15H15ClN2O. The summed E-state index contributed by atoms with van der Waals surface area (Å²) in [6.45, 7) is 1.95. The van der Waals surface area contributed by atoms with Gasteiger partial charge in [0.25, 0.3) is 0 Å². The van der Waals surface area contributed by atoms with E-state index in [-0.39, 0.29) is 12.3 Å². The van der Waals surface area contributed by atoms with Crippen molar-refractivity contribution in [3.8, 4) is 0 Å². The second-order valence-electron chi connectivity index (χ2n) is 4.34. The first-order valence-electron chi connectivity index (χ1n) is 5.96. The van der Waals surface area contributed by atoms with Crippen LogP contribution in [0.2, 0.25) is 5.02 Å². The highest BCUT2D eigenvalue weighted by Gasteiger charge is 2.07. The summed E-state index contributed by atoms with van der Waals surface area (Å²) in [5.41, 5.74) is 8.88. The smallest absolute Gasteiger partial charge is 0.221 e. The Morgan fingerprint density at radius 3 is 2.58 bits per heavy atom. The highest BCUT2D eigenvalue weighted by Crippen LogP contribution is 2.27. The van der Waals surface area contributed by atoms with E-state index >= 15 is 0 Å². The Bertz CT molecular complexity index is 611. The topological polar surface area (TPSA) is 55.1 Å². The molecule has 3 nitrogen and oxygen atoms in total. The Labute approximate surface area is 117 Å². The minimum absolute atomic E-state index is 0.211. The molecule has 19 heavy (non-hydrogen) atoms. The lowest BCUT2D eigenvalue weighted by Gasteiger charge is -2.13. The fourth-order valence-corrected chi connectivity index (χ4v) is 2.05. The molecule has 0 aliphatic carbocycles. The van der Waals surface area contributed by atoms with E-state index in [1.54, 1.807) is 0 Å².